The molecule has 1 aromatic rings. The van der Waals surface area contributed by atoms with Gasteiger partial charge in [0.15, 0.2) is 5.75 Å². The van der Waals surface area contributed by atoms with E-state index in [0.717, 1.165) is 25.3 Å². The molecule has 1 fully saturated rings. The molecular formula is C17H20N4O5. The second kappa shape index (κ2) is 8.20. The Morgan fingerprint density at radius 3 is 2.42 bits per heavy atom. The van der Waals surface area contributed by atoms with Gasteiger partial charge < -0.3 is 20.1 Å². The first-order valence-corrected chi connectivity index (χ1v) is 8.04. The first kappa shape index (κ1) is 19.1. The Morgan fingerprint density at radius 1 is 1.27 bits per heavy atom. The van der Waals surface area contributed by atoms with Gasteiger partial charge in [-0.25, -0.2) is 0 Å². The summed E-state index contributed by atoms with van der Waals surface area (Å²) in [5, 5.41) is 20.8. The molecule has 0 bridgehead atoms. The van der Waals surface area contributed by atoms with Gasteiger partial charge in [0.05, 0.1) is 24.8 Å². The largest absolute Gasteiger partial charge is 0.493 e. The summed E-state index contributed by atoms with van der Waals surface area (Å²) in [7, 11) is 2.61. The van der Waals surface area contributed by atoms with Crippen LogP contribution in [0.2, 0.25) is 0 Å². The average molecular weight is 360 g/mol. The minimum absolute atomic E-state index is 0.0603. The third-order valence-corrected chi connectivity index (χ3v) is 4.21. The molecule has 1 aromatic carbocycles. The first-order chi connectivity index (χ1) is 12.4. The monoisotopic (exact) mass is 360 g/mol. The Hall–Kier alpha value is -3.28. The van der Waals surface area contributed by atoms with Gasteiger partial charge in [-0.05, 0) is 25.3 Å². The summed E-state index contributed by atoms with van der Waals surface area (Å²) in [6.45, 7) is 1.12. The van der Waals surface area contributed by atoms with E-state index in [2.05, 4.69) is 0 Å². The predicted molar refractivity (Wildman–Crippen MR) is 93.4 cm³/mol. The van der Waals surface area contributed by atoms with Crippen molar-refractivity contribution < 1.29 is 19.2 Å². The Morgan fingerprint density at radius 2 is 1.92 bits per heavy atom. The van der Waals surface area contributed by atoms with Crippen LogP contribution in [0.15, 0.2) is 17.7 Å². The van der Waals surface area contributed by atoms with Crippen LogP contribution in [0.5, 0.6) is 11.5 Å². The first-order valence-electron chi connectivity index (χ1n) is 8.04. The molecule has 0 radical (unpaired) electrons. The number of hydrogen-bond donors (Lipinski definition) is 1. The van der Waals surface area contributed by atoms with Gasteiger partial charge in [0, 0.05) is 24.7 Å². The van der Waals surface area contributed by atoms with Crippen LogP contribution in [0.25, 0.3) is 5.70 Å². The minimum atomic E-state index is -0.642. The molecule has 1 aliphatic rings. The Balaban J connectivity index is 2.54. The van der Waals surface area contributed by atoms with Gasteiger partial charge in [0.1, 0.15) is 11.6 Å². The highest BCUT2D eigenvalue weighted by Crippen LogP contribution is 2.39. The van der Waals surface area contributed by atoms with Crippen LogP contribution in [0, 0.1) is 21.4 Å². The number of piperidine rings is 1. The van der Waals surface area contributed by atoms with Gasteiger partial charge in [-0.2, -0.15) is 5.26 Å². The molecule has 1 saturated heterocycles. The predicted octanol–water partition coefficient (Wildman–Crippen LogP) is 1.82. The fourth-order valence-electron chi connectivity index (χ4n) is 2.86. The van der Waals surface area contributed by atoms with E-state index in [9.17, 15) is 20.2 Å². The molecule has 2 rings (SSSR count). The molecule has 0 aliphatic carbocycles. The Bertz CT molecular complexity index is 791. The number of amides is 1. The third-order valence-electron chi connectivity index (χ3n) is 4.21. The summed E-state index contributed by atoms with van der Waals surface area (Å²) in [5.74, 6) is -0.445. The van der Waals surface area contributed by atoms with Crippen molar-refractivity contribution in [2.45, 2.75) is 19.3 Å². The number of carbonyl (C=O) groups is 1. The molecule has 1 heterocycles. The van der Waals surface area contributed by atoms with Crippen molar-refractivity contribution in [3.63, 3.8) is 0 Å². The number of hydrogen-bond acceptors (Lipinski definition) is 7. The zero-order valence-corrected chi connectivity index (χ0v) is 14.7. The zero-order chi connectivity index (χ0) is 19.3. The van der Waals surface area contributed by atoms with Crippen LogP contribution in [0.4, 0.5) is 5.69 Å². The average Bonchev–Trinajstić information content (AvgIpc) is 2.67. The van der Waals surface area contributed by atoms with Crippen LogP contribution in [0.3, 0.4) is 0 Å². The summed E-state index contributed by atoms with van der Waals surface area (Å²) in [6.07, 6.45) is 2.77. The van der Waals surface area contributed by atoms with Crippen LogP contribution >= 0.6 is 0 Å². The highest BCUT2D eigenvalue weighted by Gasteiger charge is 2.26. The number of carbonyl (C=O) groups excluding carboxylic acids is 1. The number of ether oxygens (including phenoxy) is 2. The van der Waals surface area contributed by atoms with Gasteiger partial charge in [-0.15, -0.1) is 0 Å². The highest BCUT2D eigenvalue weighted by atomic mass is 16.6. The number of nitro groups is 1. The number of rotatable bonds is 5. The molecule has 2 N–H and O–H groups in total. The lowest BCUT2D eigenvalue weighted by atomic mass is 10.0. The second-order valence-corrected chi connectivity index (χ2v) is 5.74. The molecular weight excluding hydrogens is 340 g/mol. The molecule has 26 heavy (non-hydrogen) atoms. The van der Waals surface area contributed by atoms with E-state index in [1.807, 2.05) is 6.07 Å². The molecule has 9 nitrogen and oxygen atoms in total. The van der Waals surface area contributed by atoms with Gasteiger partial charge in [-0.1, -0.05) is 0 Å². The number of benzene rings is 1. The van der Waals surface area contributed by atoms with Crippen LogP contribution in [0.1, 0.15) is 24.8 Å². The van der Waals surface area contributed by atoms with Gasteiger partial charge in [-0.3, -0.25) is 14.9 Å². The molecule has 0 unspecified atom stereocenters. The smallest absolute Gasteiger partial charge is 0.315 e. The summed E-state index contributed by atoms with van der Waals surface area (Å²) in [4.78, 5) is 24.9. The molecule has 0 saturated carbocycles. The number of methoxy groups -OCH3 is 2. The van der Waals surface area contributed by atoms with Crippen LogP contribution in [-0.4, -0.2) is 43.0 Å². The van der Waals surface area contributed by atoms with Crippen molar-refractivity contribution in [2.24, 2.45) is 5.73 Å². The number of likely N-dealkylation sites (tertiary alicyclic amines) is 1. The second-order valence-electron chi connectivity index (χ2n) is 5.74. The van der Waals surface area contributed by atoms with E-state index in [4.69, 9.17) is 15.2 Å². The molecule has 0 atom stereocenters. The van der Waals surface area contributed by atoms with E-state index in [0.29, 0.717) is 13.1 Å². The maximum absolute atomic E-state index is 12.6. The molecule has 0 spiro atoms. The fraction of sp³-hybridized carbons (Fsp3) is 0.412. The zero-order valence-electron chi connectivity index (χ0n) is 14.7. The number of nitro benzene ring substituents is 1. The fourth-order valence-corrected chi connectivity index (χ4v) is 2.86. The van der Waals surface area contributed by atoms with E-state index in [-0.39, 0.29) is 34.0 Å². The van der Waals surface area contributed by atoms with Crippen molar-refractivity contribution in [2.75, 3.05) is 27.3 Å². The molecule has 1 aliphatic heterocycles. The van der Waals surface area contributed by atoms with E-state index in [1.165, 1.54) is 20.3 Å². The summed E-state index contributed by atoms with van der Waals surface area (Å²) in [5.41, 5.74) is 5.44. The van der Waals surface area contributed by atoms with E-state index in [1.54, 1.807) is 4.90 Å². The maximum Gasteiger partial charge on any atom is 0.315 e. The lowest BCUT2D eigenvalue weighted by molar-refractivity contribution is -0.385. The van der Waals surface area contributed by atoms with Crippen molar-refractivity contribution in [3.05, 3.63) is 33.4 Å². The van der Waals surface area contributed by atoms with Gasteiger partial charge >= 0.3 is 5.69 Å². The third kappa shape index (κ3) is 3.69. The van der Waals surface area contributed by atoms with Crippen LogP contribution < -0.4 is 15.2 Å². The van der Waals surface area contributed by atoms with Crippen molar-refractivity contribution in [1.82, 2.24) is 4.90 Å². The van der Waals surface area contributed by atoms with Gasteiger partial charge in [0.2, 0.25) is 5.75 Å². The number of nitriles is 1. The topological polar surface area (TPSA) is 132 Å². The lowest BCUT2D eigenvalue weighted by Gasteiger charge is -2.26. The quantitative estimate of drug-likeness (QED) is 0.366. The van der Waals surface area contributed by atoms with E-state index >= 15 is 0 Å². The van der Waals surface area contributed by atoms with Gasteiger partial charge in [0.25, 0.3) is 5.91 Å². The molecule has 138 valence electrons. The molecule has 9 heteroatoms. The number of nitrogens with zero attached hydrogens (tertiary/aromatic N) is 3. The number of nitrogens with two attached hydrogens (primary N) is 1. The summed E-state index contributed by atoms with van der Waals surface area (Å²) in [6, 6.07) is 4.40. The van der Waals surface area contributed by atoms with E-state index < -0.39 is 10.8 Å². The highest BCUT2D eigenvalue weighted by molar-refractivity contribution is 6.04. The van der Waals surface area contributed by atoms with Crippen molar-refractivity contribution in [3.8, 4) is 17.6 Å². The Labute approximate surface area is 150 Å². The normalized spacial score (nSPS) is 14.9. The van der Waals surface area contributed by atoms with Crippen LogP contribution in [-0.2, 0) is 4.79 Å². The molecule has 0 aromatic heterocycles. The standard InChI is InChI=1S/C17H20N4O5/c1-25-14-9-11(8-13(21(23)24)16(14)26-2)15(19)12(10-18)17(22)20-6-4-3-5-7-20/h8-9H,3-7,19H2,1-2H3/b15-12-. The Kier molecular flexibility index (Phi) is 6.01. The maximum atomic E-state index is 12.6. The lowest BCUT2D eigenvalue weighted by Crippen LogP contribution is -2.37. The SMILES string of the molecule is COc1cc(/C(N)=C(\C#N)C(=O)N2CCCCC2)cc([N+](=O)[O-])c1OC. The van der Waals surface area contributed by atoms with Crippen molar-refractivity contribution in [1.29, 1.82) is 5.26 Å². The minimum Gasteiger partial charge on any atom is -0.493 e. The summed E-state index contributed by atoms with van der Waals surface area (Å²) >= 11 is 0. The van der Waals surface area contributed by atoms with Crippen molar-refractivity contribution >= 4 is 17.3 Å². The summed E-state index contributed by atoms with van der Waals surface area (Å²) < 4.78 is 10.2. The molecule has 1 amide bonds.